The van der Waals surface area contributed by atoms with Crippen LogP contribution in [-0.2, 0) is 17.5 Å². The van der Waals surface area contributed by atoms with Gasteiger partial charge in [-0.15, -0.1) is 0 Å². The number of carbonyl (C=O) groups is 1. The number of nitrogens with zero attached hydrogens (tertiary/aromatic N) is 3. The molecule has 2 aromatic heterocycles. The number of amides is 1. The number of benzene rings is 2. The van der Waals surface area contributed by atoms with Gasteiger partial charge in [0.05, 0.1) is 5.69 Å². The fraction of sp³-hybridized carbons (Fsp3) is 0.0909. The monoisotopic (exact) mass is 440 g/mol. The molecule has 7 nitrogen and oxygen atoms in total. The Labute approximate surface area is 179 Å². The topological polar surface area (TPSA) is 90.1 Å². The summed E-state index contributed by atoms with van der Waals surface area (Å²) in [7, 11) is 0. The highest BCUT2D eigenvalue weighted by molar-refractivity contribution is 5.85. The van der Waals surface area contributed by atoms with Crippen LogP contribution in [0.2, 0.25) is 0 Å². The molecule has 2 aromatic carbocycles. The van der Waals surface area contributed by atoms with Crippen LogP contribution in [0.15, 0.2) is 77.4 Å². The first-order valence-corrected chi connectivity index (χ1v) is 9.34. The number of rotatable bonds is 5. The molecule has 0 atom stereocenters. The molecular weight excluding hydrogens is 425 g/mol. The lowest BCUT2D eigenvalue weighted by molar-refractivity contribution is -0.159. The van der Waals surface area contributed by atoms with E-state index in [0.717, 1.165) is 11.3 Å². The maximum Gasteiger partial charge on any atom is 0.471 e. The molecule has 162 valence electrons. The molecule has 32 heavy (non-hydrogen) atoms. The third-order valence-electron chi connectivity index (χ3n) is 4.32. The molecule has 0 aliphatic rings. The van der Waals surface area contributed by atoms with Gasteiger partial charge in [-0.05, 0) is 30.3 Å². The van der Waals surface area contributed by atoms with Crippen molar-refractivity contribution in [3.05, 3.63) is 84.4 Å². The largest absolute Gasteiger partial charge is 0.471 e. The van der Waals surface area contributed by atoms with Crippen molar-refractivity contribution in [1.82, 2.24) is 15.1 Å². The van der Waals surface area contributed by atoms with Gasteiger partial charge in [0.1, 0.15) is 6.61 Å². The third kappa shape index (κ3) is 5.09. The predicted molar refractivity (Wildman–Crippen MR) is 108 cm³/mol. The van der Waals surface area contributed by atoms with Crippen LogP contribution in [0.3, 0.4) is 0 Å². The molecular formula is C22H15F3N4O3. The molecule has 0 aliphatic heterocycles. The van der Waals surface area contributed by atoms with E-state index in [9.17, 15) is 18.0 Å². The highest BCUT2D eigenvalue weighted by Gasteiger charge is 2.38. The molecule has 0 fully saturated rings. The number of aromatic nitrogens is 3. The molecule has 1 N–H and O–H groups in total. The Balaban J connectivity index is 1.31. The van der Waals surface area contributed by atoms with E-state index in [4.69, 9.17) is 4.74 Å². The number of alkyl halides is 3. The van der Waals surface area contributed by atoms with Crippen LogP contribution in [0.4, 0.5) is 23.7 Å². The van der Waals surface area contributed by atoms with Gasteiger partial charge in [-0.1, -0.05) is 41.6 Å². The van der Waals surface area contributed by atoms with Crippen molar-refractivity contribution in [2.24, 2.45) is 0 Å². The summed E-state index contributed by atoms with van der Waals surface area (Å²) in [4.78, 5) is 19.7. The summed E-state index contributed by atoms with van der Waals surface area (Å²) in [6.07, 6.45) is -3.78. The highest BCUT2D eigenvalue weighted by atomic mass is 19.4. The van der Waals surface area contributed by atoms with Crippen molar-refractivity contribution in [1.29, 1.82) is 0 Å². The summed E-state index contributed by atoms with van der Waals surface area (Å²) in [6, 6.07) is 19.2. The molecule has 10 heteroatoms. The second kappa shape index (κ2) is 8.88. The van der Waals surface area contributed by atoms with Crippen molar-refractivity contribution >= 4 is 11.8 Å². The second-order valence-electron chi connectivity index (χ2n) is 6.62. The number of halogens is 3. The highest BCUT2D eigenvalue weighted by Crippen LogP contribution is 2.29. The van der Waals surface area contributed by atoms with Crippen LogP contribution in [0, 0.1) is 0 Å². The van der Waals surface area contributed by atoms with Gasteiger partial charge in [-0.2, -0.15) is 18.2 Å². The molecule has 2 heterocycles. The zero-order valence-corrected chi connectivity index (χ0v) is 16.3. The zero-order chi connectivity index (χ0) is 22.6. The number of anilines is 1. The first kappa shape index (κ1) is 21.0. The molecule has 1 amide bonds. The first-order chi connectivity index (χ1) is 15.4. The summed E-state index contributed by atoms with van der Waals surface area (Å²) in [5, 5.41) is 5.84. The first-order valence-electron chi connectivity index (χ1n) is 9.34. The Morgan fingerprint density at radius 3 is 2.34 bits per heavy atom. The van der Waals surface area contributed by atoms with E-state index < -0.39 is 18.2 Å². The van der Waals surface area contributed by atoms with Gasteiger partial charge in [-0.25, -0.2) is 4.79 Å². The van der Waals surface area contributed by atoms with E-state index in [1.54, 1.807) is 6.20 Å². The van der Waals surface area contributed by atoms with Crippen LogP contribution in [0.1, 0.15) is 11.5 Å². The molecule has 0 aliphatic carbocycles. The normalized spacial score (nSPS) is 11.2. The maximum absolute atomic E-state index is 12.6. The second-order valence-corrected chi connectivity index (χ2v) is 6.62. The molecule has 4 aromatic rings. The summed E-state index contributed by atoms with van der Waals surface area (Å²) < 4.78 is 47.0. The Hall–Kier alpha value is -4.21. The van der Waals surface area contributed by atoms with E-state index in [-0.39, 0.29) is 12.4 Å². The number of ether oxygens (including phenoxy) is 1. The van der Waals surface area contributed by atoms with E-state index in [1.165, 1.54) is 24.3 Å². The number of nitrogens with one attached hydrogen (secondary N) is 1. The van der Waals surface area contributed by atoms with Crippen LogP contribution in [0.5, 0.6) is 0 Å². The summed E-state index contributed by atoms with van der Waals surface area (Å²) in [5.41, 5.74) is 3.19. The van der Waals surface area contributed by atoms with Gasteiger partial charge < -0.3 is 9.26 Å². The number of pyridine rings is 1. The van der Waals surface area contributed by atoms with Crippen LogP contribution in [0.25, 0.3) is 22.6 Å². The van der Waals surface area contributed by atoms with E-state index >= 15 is 0 Å². The smallest absolute Gasteiger partial charge is 0.444 e. The maximum atomic E-state index is 12.6. The lowest BCUT2D eigenvalue weighted by Crippen LogP contribution is -2.13. The molecule has 0 saturated heterocycles. The zero-order valence-electron chi connectivity index (χ0n) is 16.3. The fourth-order valence-electron chi connectivity index (χ4n) is 2.75. The van der Waals surface area contributed by atoms with Crippen LogP contribution < -0.4 is 5.32 Å². The minimum Gasteiger partial charge on any atom is -0.444 e. The number of hydrogen-bond acceptors (Lipinski definition) is 6. The van der Waals surface area contributed by atoms with Crippen molar-refractivity contribution in [3.63, 3.8) is 0 Å². The Morgan fingerprint density at radius 1 is 0.969 bits per heavy atom. The Morgan fingerprint density at radius 2 is 1.72 bits per heavy atom. The van der Waals surface area contributed by atoms with Crippen molar-refractivity contribution in [2.45, 2.75) is 12.8 Å². The quantitative estimate of drug-likeness (QED) is 0.437. The molecule has 4 rings (SSSR count). The van der Waals surface area contributed by atoms with Crippen molar-refractivity contribution in [3.8, 4) is 22.6 Å². The van der Waals surface area contributed by atoms with E-state index in [1.807, 2.05) is 42.5 Å². The molecule has 0 bridgehead atoms. The van der Waals surface area contributed by atoms with Crippen molar-refractivity contribution < 1.29 is 27.2 Å². The summed E-state index contributed by atoms with van der Waals surface area (Å²) in [5.74, 6) is -1.64. The average Bonchev–Trinajstić information content (AvgIpc) is 3.30. The van der Waals surface area contributed by atoms with Crippen LogP contribution >= 0.6 is 0 Å². The average molecular weight is 440 g/mol. The van der Waals surface area contributed by atoms with Gasteiger partial charge in [0.25, 0.3) is 0 Å². The minimum atomic E-state index is -4.71. The molecule has 0 saturated carbocycles. The standard InChI is InChI=1S/C22H15F3N4O3/c23-22(24,25)20-28-19(29-32-20)16-7-9-17(10-8-16)27-21(30)31-13-14-6-11-18(26-12-14)15-4-2-1-3-5-15/h1-12H,13H2,(H,27,30). The molecule has 0 unspecified atom stereocenters. The summed E-state index contributed by atoms with van der Waals surface area (Å²) in [6.45, 7) is 0.0229. The Kier molecular flexibility index (Phi) is 5.84. The summed E-state index contributed by atoms with van der Waals surface area (Å²) >= 11 is 0. The Bertz CT molecular complexity index is 1190. The van der Waals surface area contributed by atoms with Gasteiger partial charge in [0.2, 0.25) is 5.82 Å². The number of carbonyl (C=O) groups excluding carboxylic acids is 1. The van der Waals surface area contributed by atoms with Gasteiger partial charge in [0, 0.05) is 28.6 Å². The van der Waals surface area contributed by atoms with E-state index in [2.05, 4.69) is 25.0 Å². The van der Waals surface area contributed by atoms with Gasteiger partial charge in [-0.3, -0.25) is 10.3 Å². The fourth-order valence-corrected chi connectivity index (χ4v) is 2.75. The third-order valence-corrected chi connectivity index (χ3v) is 4.32. The SMILES string of the molecule is O=C(Nc1ccc(-c2noc(C(F)(F)F)n2)cc1)OCc1ccc(-c2ccccc2)nc1. The lowest BCUT2D eigenvalue weighted by Gasteiger charge is -2.08. The van der Waals surface area contributed by atoms with Gasteiger partial charge >= 0.3 is 18.2 Å². The minimum absolute atomic E-state index is 0.0229. The predicted octanol–water partition coefficient (Wildman–Crippen LogP) is 5.57. The number of hydrogen-bond donors (Lipinski definition) is 1. The molecule has 0 spiro atoms. The van der Waals surface area contributed by atoms with Crippen molar-refractivity contribution in [2.75, 3.05) is 5.32 Å². The van der Waals surface area contributed by atoms with Gasteiger partial charge in [0.15, 0.2) is 0 Å². The molecule has 0 radical (unpaired) electrons. The van der Waals surface area contributed by atoms with Crippen LogP contribution in [-0.4, -0.2) is 21.2 Å². The van der Waals surface area contributed by atoms with E-state index in [0.29, 0.717) is 16.8 Å². The lowest BCUT2D eigenvalue weighted by atomic mass is 10.1.